The molecule has 0 saturated heterocycles. The first-order chi connectivity index (χ1) is 15.0. The fourth-order valence-corrected chi connectivity index (χ4v) is 3.50. The van der Waals surface area contributed by atoms with E-state index in [9.17, 15) is 9.18 Å². The Kier molecular flexibility index (Phi) is 4.63. The maximum Gasteiger partial charge on any atom is 0.247 e. The van der Waals surface area contributed by atoms with Crippen LogP contribution in [0.2, 0.25) is 0 Å². The Hall–Kier alpha value is -4.13. The van der Waals surface area contributed by atoms with Gasteiger partial charge in [0.05, 0.1) is 23.5 Å². The minimum atomic E-state index is -0.293. The molecular formula is C24H17FN4O2. The monoisotopic (exact) mass is 412 g/mol. The van der Waals surface area contributed by atoms with E-state index in [1.807, 2.05) is 42.5 Å². The SMILES string of the molecule is Cc1nnc(-c2cccc(C3=Nc4ccc(-c5ccc(F)cc5)cc4NC(=O)C3)c2)o1. The molecule has 3 aromatic carbocycles. The van der Waals surface area contributed by atoms with Gasteiger partial charge in [0.15, 0.2) is 0 Å². The molecule has 152 valence electrons. The van der Waals surface area contributed by atoms with Crippen LogP contribution in [0.15, 0.2) is 76.1 Å². The smallest absolute Gasteiger partial charge is 0.247 e. The summed E-state index contributed by atoms with van der Waals surface area (Å²) < 4.78 is 18.7. The molecule has 0 fully saturated rings. The van der Waals surface area contributed by atoms with Crippen LogP contribution in [0.1, 0.15) is 17.9 Å². The summed E-state index contributed by atoms with van der Waals surface area (Å²) in [6, 6.07) is 19.4. The van der Waals surface area contributed by atoms with E-state index >= 15 is 0 Å². The third kappa shape index (κ3) is 3.85. The van der Waals surface area contributed by atoms with Crippen molar-refractivity contribution in [3.8, 4) is 22.6 Å². The van der Waals surface area contributed by atoms with Crippen LogP contribution in [-0.4, -0.2) is 21.8 Å². The van der Waals surface area contributed by atoms with Gasteiger partial charge in [0.2, 0.25) is 17.7 Å². The highest BCUT2D eigenvalue weighted by molar-refractivity contribution is 6.17. The summed E-state index contributed by atoms with van der Waals surface area (Å²) in [6.07, 6.45) is 0.132. The van der Waals surface area contributed by atoms with Crippen molar-refractivity contribution in [2.45, 2.75) is 13.3 Å². The number of nitrogens with zero attached hydrogens (tertiary/aromatic N) is 3. The van der Waals surface area contributed by atoms with Gasteiger partial charge in [-0.15, -0.1) is 10.2 Å². The number of anilines is 1. The number of benzene rings is 3. The van der Waals surface area contributed by atoms with Gasteiger partial charge in [-0.2, -0.15) is 0 Å². The molecule has 0 spiro atoms. The molecule has 0 bridgehead atoms. The average molecular weight is 412 g/mol. The molecule has 5 rings (SSSR count). The van der Waals surface area contributed by atoms with Gasteiger partial charge < -0.3 is 9.73 Å². The second-order valence-electron chi connectivity index (χ2n) is 7.23. The molecule has 1 amide bonds. The molecule has 1 N–H and O–H groups in total. The van der Waals surface area contributed by atoms with E-state index in [-0.39, 0.29) is 18.1 Å². The van der Waals surface area contributed by atoms with Crippen LogP contribution >= 0.6 is 0 Å². The van der Waals surface area contributed by atoms with Crippen LogP contribution in [0.25, 0.3) is 22.6 Å². The van der Waals surface area contributed by atoms with Crippen LogP contribution in [-0.2, 0) is 4.79 Å². The van der Waals surface area contributed by atoms with Crippen LogP contribution in [0, 0.1) is 12.7 Å². The summed E-state index contributed by atoms with van der Waals surface area (Å²) in [5, 5.41) is 10.8. The standard InChI is InChI=1S/C24H17FN4O2/c1-14-28-29-24(31-14)18-4-2-3-17(11-18)21-13-23(30)27-22-12-16(7-10-20(22)26-21)15-5-8-19(25)9-6-15/h2-12H,13H2,1H3,(H,27,30). The highest BCUT2D eigenvalue weighted by atomic mass is 19.1. The Labute approximate surface area is 177 Å². The molecule has 7 heteroatoms. The minimum absolute atomic E-state index is 0.132. The van der Waals surface area contributed by atoms with Crippen molar-refractivity contribution in [1.82, 2.24) is 10.2 Å². The van der Waals surface area contributed by atoms with Gasteiger partial charge in [-0.05, 0) is 53.1 Å². The number of carbonyl (C=O) groups is 1. The van der Waals surface area contributed by atoms with E-state index in [0.29, 0.717) is 28.9 Å². The second kappa shape index (κ2) is 7.60. The second-order valence-corrected chi connectivity index (χ2v) is 7.23. The lowest BCUT2D eigenvalue weighted by molar-refractivity contribution is -0.115. The predicted octanol–water partition coefficient (Wildman–Crippen LogP) is 5.31. The van der Waals surface area contributed by atoms with Crippen molar-refractivity contribution < 1.29 is 13.6 Å². The number of carbonyl (C=O) groups excluding carboxylic acids is 1. The molecule has 6 nitrogen and oxygen atoms in total. The molecule has 2 heterocycles. The van der Waals surface area contributed by atoms with Crippen LogP contribution in [0.4, 0.5) is 15.8 Å². The maximum absolute atomic E-state index is 13.2. The van der Waals surface area contributed by atoms with Crippen LogP contribution < -0.4 is 5.32 Å². The van der Waals surface area contributed by atoms with E-state index in [1.165, 1.54) is 12.1 Å². The fraction of sp³-hybridized carbons (Fsp3) is 0.0833. The summed E-state index contributed by atoms with van der Waals surface area (Å²) in [6.45, 7) is 1.73. The lowest BCUT2D eigenvalue weighted by Crippen LogP contribution is -2.15. The number of halogens is 1. The quantitative estimate of drug-likeness (QED) is 0.494. The zero-order valence-corrected chi connectivity index (χ0v) is 16.6. The number of hydrogen-bond donors (Lipinski definition) is 1. The summed E-state index contributed by atoms with van der Waals surface area (Å²) in [5.74, 6) is 0.451. The summed E-state index contributed by atoms with van der Waals surface area (Å²) >= 11 is 0. The van der Waals surface area contributed by atoms with Gasteiger partial charge in [0, 0.05) is 12.5 Å². The fourth-order valence-electron chi connectivity index (χ4n) is 3.50. The molecule has 0 aliphatic carbocycles. The number of hydrogen-bond acceptors (Lipinski definition) is 5. The van der Waals surface area contributed by atoms with Gasteiger partial charge >= 0.3 is 0 Å². The molecule has 31 heavy (non-hydrogen) atoms. The van der Waals surface area contributed by atoms with E-state index in [0.717, 1.165) is 22.3 Å². The third-order valence-electron chi connectivity index (χ3n) is 5.00. The Bertz CT molecular complexity index is 1330. The number of nitrogens with one attached hydrogen (secondary N) is 1. The van der Waals surface area contributed by atoms with Gasteiger partial charge in [0.1, 0.15) is 5.82 Å². The molecular weight excluding hydrogens is 395 g/mol. The molecule has 4 aromatic rings. The highest BCUT2D eigenvalue weighted by Gasteiger charge is 2.19. The number of aromatic nitrogens is 2. The Morgan fingerprint density at radius 1 is 0.903 bits per heavy atom. The molecule has 1 aliphatic heterocycles. The van der Waals surface area contributed by atoms with Crippen LogP contribution in [0.3, 0.4) is 0 Å². The average Bonchev–Trinajstić information content (AvgIpc) is 3.13. The zero-order valence-electron chi connectivity index (χ0n) is 16.6. The van der Waals surface area contributed by atoms with Gasteiger partial charge in [-0.3, -0.25) is 9.79 Å². The first-order valence-corrected chi connectivity index (χ1v) is 9.73. The normalized spacial score (nSPS) is 13.2. The first kappa shape index (κ1) is 18.9. The number of amides is 1. The molecule has 1 aliphatic rings. The summed E-state index contributed by atoms with van der Waals surface area (Å²) in [7, 11) is 0. The number of fused-ring (bicyclic) bond motifs is 1. The van der Waals surface area contributed by atoms with Crippen molar-refractivity contribution in [2.24, 2.45) is 4.99 Å². The zero-order chi connectivity index (χ0) is 21.4. The van der Waals surface area contributed by atoms with Gasteiger partial charge in [-0.1, -0.05) is 30.3 Å². The topological polar surface area (TPSA) is 80.4 Å². The Morgan fingerprint density at radius 3 is 2.45 bits per heavy atom. The maximum atomic E-state index is 13.2. The number of rotatable bonds is 3. The van der Waals surface area contributed by atoms with Crippen molar-refractivity contribution in [3.63, 3.8) is 0 Å². The van der Waals surface area contributed by atoms with Crippen molar-refractivity contribution in [3.05, 3.63) is 84.0 Å². The van der Waals surface area contributed by atoms with Crippen LogP contribution in [0.5, 0.6) is 0 Å². The van der Waals surface area contributed by atoms with Crippen molar-refractivity contribution >= 4 is 23.0 Å². The number of aliphatic imine (C=N–C) groups is 1. The van der Waals surface area contributed by atoms with Crippen molar-refractivity contribution in [2.75, 3.05) is 5.32 Å². The Morgan fingerprint density at radius 2 is 1.68 bits per heavy atom. The third-order valence-corrected chi connectivity index (χ3v) is 5.00. The first-order valence-electron chi connectivity index (χ1n) is 9.73. The summed E-state index contributed by atoms with van der Waals surface area (Å²) in [5.41, 5.74) is 5.21. The number of aryl methyl sites for hydroxylation is 1. The van der Waals surface area contributed by atoms with E-state index in [2.05, 4.69) is 15.5 Å². The van der Waals surface area contributed by atoms with E-state index in [1.54, 1.807) is 19.1 Å². The lowest BCUT2D eigenvalue weighted by atomic mass is 10.0. The predicted molar refractivity (Wildman–Crippen MR) is 116 cm³/mol. The molecule has 0 unspecified atom stereocenters. The van der Waals surface area contributed by atoms with Gasteiger partial charge in [-0.25, -0.2) is 4.39 Å². The Balaban J connectivity index is 1.53. The molecule has 1 aromatic heterocycles. The van der Waals surface area contributed by atoms with E-state index in [4.69, 9.17) is 9.41 Å². The molecule has 0 radical (unpaired) electrons. The lowest BCUT2D eigenvalue weighted by Gasteiger charge is -2.08. The van der Waals surface area contributed by atoms with Gasteiger partial charge in [0.25, 0.3) is 0 Å². The highest BCUT2D eigenvalue weighted by Crippen LogP contribution is 2.34. The largest absolute Gasteiger partial charge is 0.421 e. The summed E-state index contributed by atoms with van der Waals surface area (Å²) in [4.78, 5) is 17.4. The minimum Gasteiger partial charge on any atom is -0.421 e. The van der Waals surface area contributed by atoms with Crippen molar-refractivity contribution in [1.29, 1.82) is 0 Å². The van der Waals surface area contributed by atoms with E-state index < -0.39 is 0 Å². The molecule has 0 atom stereocenters. The molecule has 0 saturated carbocycles.